The largest absolute Gasteiger partial charge is 0.464 e. The van der Waals surface area contributed by atoms with Crippen LogP contribution in [0.25, 0.3) is 22.2 Å². The van der Waals surface area contributed by atoms with E-state index in [9.17, 15) is 0 Å². The average Bonchev–Trinajstić information content (AvgIpc) is 2.95. The maximum Gasteiger partial charge on any atom is 0.134 e. The third-order valence-corrected chi connectivity index (χ3v) is 2.65. The Hall–Kier alpha value is -2.54. The van der Waals surface area contributed by atoms with E-state index in [1.165, 1.54) is 0 Å². The van der Waals surface area contributed by atoms with Crippen LogP contribution < -0.4 is 0 Å². The molecule has 0 amide bonds. The number of para-hydroxylation sites is 1. The van der Waals surface area contributed by atoms with Crippen molar-refractivity contribution in [2.75, 3.05) is 0 Å². The number of nitrogens with zero attached hydrogens (tertiary/aromatic N) is 2. The zero-order valence-electron chi connectivity index (χ0n) is 8.97. The van der Waals surface area contributed by atoms with E-state index in [1.807, 2.05) is 24.3 Å². The van der Waals surface area contributed by atoms with Crippen molar-refractivity contribution < 1.29 is 4.42 Å². The lowest BCUT2D eigenvalue weighted by Gasteiger charge is -1.92. The van der Waals surface area contributed by atoms with Gasteiger partial charge in [-0.1, -0.05) is 18.2 Å². The second kappa shape index (κ2) is 3.80. The molecule has 4 nitrogen and oxygen atoms in total. The summed E-state index contributed by atoms with van der Waals surface area (Å²) >= 11 is 0. The topological polar surface area (TPSA) is 65.6 Å². The highest BCUT2D eigenvalue weighted by Crippen LogP contribution is 2.29. The summed E-state index contributed by atoms with van der Waals surface area (Å²) in [5, 5.41) is 9.64. The molecule has 0 atom stereocenters. The van der Waals surface area contributed by atoms with Gasteiger partial charge in [0.05, 0.1) is 24.4 Å². The molecule has 0 bridgehead atoms. The van der Waals surface area contributed by atoms with Gasteiger partial charge in [0.1, 0.15) is 17.7 Å². The fourth-order valence-electron chi connectivity index (χ4n) is 1.85. The number of benzene rings is 1. The molecule has 1 aromatic carbocycles. The predicted octanol–water partition coefficient (Wildman–Crippen LogP) is 2.89. The lowest BCUT2D eigenvalue weighted by molar-refractivity contribution is 0.617. The molecule has 0 aliphatic carbocycles. The Balaban J connectivity index is 2.11. The Morgan fingerprint density at radius 1 is 1.35 bits per heavy atom. The molecule has 3 aromatic rings. The number of fused-ring (bicyclic) bond motifs is 1. The first-order chi connectivity index (χ1) is 8.38. The molecule has 0 fully saturated rings. The lowest BCUT2D eigenvalue weighted by atomic mass is 10.1. The summed E-state index contributed by atoms with van der Waals surface area (Å²) in [5.74, 6) is 0.674. The maximum atomic E-state index is 8.60. The van der Waals surface area contributed by atoms with Crippen LogP contribution in [0, 0.1) is 11.3 Å². The van der Waals surface area contributed by atoms with Gasteiger partial charge in [0, 0.05) is 10.9 Å². The van der Waals surface area contributed by atoms with Crippen molar-refractivity contribution in [3.05, 3.63) is 42.5 Å². The van der Waals surface area contributed by atoms with Crippen LogP contribution in [0.5, 0.6) is 0 Å². The molecular formula is C13H9N3O. The Labute approximate surface area is 97.5 Å². The van der Waals surface area contributed by atoms with Crippen LogP contribution in [0.3, 0.4) is 0 Å². The minimum atomic E-state index is 0.287. The normalized spacial score (nSPS) is 10.5. The predicted molar refractivity (Wildman–Crippen MR) is 63.1 cm³/mol. The highest BCUT2D eigenvalue weighted by molar-refractivity contribution is 5.92. The van der Waals surface area contributed by atoms with Gasteiger partial charge in [-0.25, -0.2) is 4.98 Å². The molecule has 0 saturated heterocycles. The van der Waals surface area contributed by atoms with Crippen LogP contribution in [-0.4, -0.2) is 9.97 Å². The second-order valence-electron chi connectivity index (χ2n) is 3.72. The SMILES string of the molecule is N#CCc1ncc(-c2coc3ccccc23)[nH]1. The number of rotatable bonds is 2. The molecule has 4 heteroatoms. The van der Waals surface area contributed by atoms with Crippen LogP contribution in [0.1, 0.15) is 5.82 Å². The minimum Gasteiger partial charge on any atom is -0.464 e. The number of nitrogens with one attached hydrogen (secondary N) is 1. The van der Waals surface area contributed by atoms with Crippen molar-refractivity contribution >= 4 is 11.0 Å². The molecule has 1 N–H and O–H groups in total. The monoisotopic (exact) mass is 223 g/mol. The van der Waals surface area contributed by atoms with Crippen LogP contribution in [0.4, 0.5) is 0 Å². The van der Waals surface area contributed by atoms with Crippen LogP contribution in [0.15, 0.2) is 41.1 Å². The second-order valence-corrected chi connectivity index (χ2v) is 3.72. The first kappa shape index (κ1) is 9.67. The lowest BCUT2D eigenvalue weighted by Crippen LogP contribution is -1.83. The van der Waals surface area contributed by atoms with Gasteiger partial charge in [0.2, 0.25) is 0 Å². The molecule has 0 spiro atoms. The number of nitriles is 1. The number of furan rings is 1. The number of aromatic nitrogens is 2. The molecule has 3 rings (SSSR count). The van der Waals surface area contributed by atoms with Crippen molar-refractivity contribution in [3.8, 4) is 17.3 Å². The van der Waals surface area contributed by atoms with E-state index >= 15 is 0 Å². The van der Waals surface area contributed by atoms with Crippen molar-refractivity contribution in [1.29, 1.82) is 5.26 Å². The zero-order chi connectivity index (χ0) is 11.7. The number of H-pyrrole nitrogens is 1. The standard InChI is InChI=1S/C13H9N3O/c14-6-5-13-15-7-11(16-13)10-8-17-12-4-2-1-3-9(10)12/h1-4,7-8H,5H2,(H,15,16). The van der Waals surface area contributed by atoms with E-state index in [1.54, 1.807) is 12.5 Å². The minimum absolute atomic E-state index is 0.287. The number of aromatic amines is 1. The molecule has 0 saturated carbocycles. The van der Waals surface area contributed by atoms with Gasteiger partial charge in [0.25, 0.3) is 0 Å². The van der Waals surface area contributed by atoms with Crippen molar-refractivity contribution in [3.63, 3.8) is 0 Å². The molecule has 0 radical (unpaired) electrons. The number of hydrogen-bond donors (Lipinski definition) is 1. The third-order valence-electron chi connectivity index (χ3n) is 2.65. The highest BCUT2D eigenvalue weighted by Gasteiger charge is 2.09. The Morgan fingerprint density at radius 3 is 3.12 bits per heavy atom. The molecule has 0 aliphatic rings. The molecule has 0 unspecified atom stereocenters. The Bertz CT molecular complexity index is 703. The summed E-state index contributed by atoms with van der Waals surface area (Å²) < 4.78 is 5.46. The van der Waals surface area contributed by atoms with E-state index in [2.05, 4.69) is 16.0 Å². The van der Waals surface area contributed by atoms with Gasteiger partial charge in [-0.2, -0.15) is 5.26 Å². The van der Waals surface area contributed by atoms with E-state index in [0.717, 1.165) is 22.2 Å². The summed E-state index contributed by atoms with van der Waals surface area (Å²) in [6.07, 6.45) is 3.72. The van der Waals surface area contributed by atoms with Gasteiger partial charge in [-0.05, 0) is 6.07 Å². The first-order valence-electron chi connectivity index (χ1n) is 5.26. The number of hydrogen-bond acceptors (Lipinski definition) is 3. The van der Waals surface area contributed by atoms with E-state index in [-0.39, 0.29) is 6.42 Å². The van der Waals surface area contributed by atoms with Gasteiger partial charge >= 0.3 is 0 Å². The van der Waals surface area contributed by atoms with Crippen LogP contribution >= 0.6 is 0 Å². The Morgan fingerprint density at radius 2 is 2.24 bits per heavy atom. The van der Waals surface area contributed by atoms with Crippen LogP contribution in [-0.2, 0) is 6.42 Å². The summed E-state index contributed by atoms with van der Waals surface area (Å²) in [5.41, 5.74) is 2.69. The molecular weight excluding hydrogens is 214 g/mol. The number of imidazole rings is 1. The molecule has 2 aromatic heterocycles. The van der Waals surface area contributed by atoms with Gasteiger partial charge in [-0.3, -0.25) is 0 Å². The molecule has 2 heterocycles. The highest BCUT2D eigenvalue weighted by atomic mass is 16.3. The molecule has 82 valence electrons. The van der Waals surface area contributed by atoms with Crippen molar-refractivity contribution in [2.45, 2.75) is 6.42 Å². The van der Waals surface area contributed by atoms with Gasteiger partial charge in [-0.15, -0.1) is 0 Å². The van der Waals surface area contributed by atoms with Crippen molar-refractivity contribution in [2.24, 2.45) is 0 Å². The summed E-state index contributed by atoms with van der Waals surface area (Å²) in [4.78, 5) is 7.26. The van der Waals surface area contributed by atoms with Crippen molar-refractivity contribution in [1.82, 2.24) is 9.97 Å². The van der Waals surface area contributed by atoms with Crippen LogP contribution in [0.2, 0.25) is 0 Å². The van der Waals surface area contributed by atoms with Gasteiger partial charge < -0.3 is 9.40 Å². The average molecular weight is 223 g/mol. The smallest absolute Gasteiger partial charge is 0.134 e. The molecule has 0 aliphatic heterocycles. The third kappa shape index (κ3) is 1.58. The molecule has 17 heavy (non-hydrogen) atoms. The van der Waals surface area contributed by atoms with E-state index in [0.29, 0.717) is 5.82 Å². The summed E-state index contributed by atoms with van der Waals surface area (Å²) in [6.45, 7) is 0. The fraction of sp³-hybridized carbons (Fsp3) is 0.0769. The van der Waals surface area contributed by atoms with E-state index < -0.39 is 0 Å². The summed E-state index contributed by atoms with van der Waals surface area (Å²) in [6, 6.07) is 9.88. The van der Waals surface area contributed by atoms with Gasteiger partial charge in [0.15, 0.2) is 0 Å². The maximum absolute atomic E-state index is 8.60. The zero-order valence-corrected chi connectivity index (χ0v) is 8.97. The first-order valence-corrected chi connectivity index (χ1v) is 5.26. The summed E-state index contributed by atoms with van der Waals surface area (Å²) in [7, 11) is 0. The quantitative estimate of drug-likeness (QED) is 0.726. The fourth-order valence-corrected chi connectivity index (χ4v) is 1.85. The Kier molecular flexibility index (Phi) is 2.16. The van der Waals surface area contributed by atoms with E-state index in [4.69, 9.17) is 9.68 Å².